The van der Waals surface area contributed by atoms with Crippen molar-refractivity contribution in [2.24, 2.45) is 5.92 Å². The topological polar surface area (TPSA) is 71.4 Å². The first-order valence-electron chi connectivity index (χ1n) is 9.43. The molecule has 0 amide bonds. The van der Waals surface area contributed by atoms with Crippen molar-refractivity contribution in [3.8, 4) is 0 Å². The summed E-state index contributed by atoms with van der Waals surface area (Å²) in [7, 11) is -3.90. The molecule has 154 valence electrons. The minimum atomic E-state index is -3.90. The molecule has 28 heavy (non-hydrogen) atoms. The average molecular weight is 430 g/mol. The van der Waals surface area contributed by atoms with Gasteiger partial charge in [0.2, 0.25) is 10.0 Å². The number of aromatic nitrogens is 1. The first-order valence-corrected chi connectivity index (χ1v) is 10.9. The third-order valence-corrected chi connectivity index (χ3v) is 7.26. The first kappa shape index (κ1) is 21.2. The summed E-state index contributed by atoms with van der Waals surface area (Å²) in [5.74, 6) is -0.247. The monoisotopic (exact) mass is 429 g/mol. The molecule has 1 aliphatic heterocycles. The van der Waals surface area contributed by atoms with Crippen LogP contribution in [-0.4, -0.2) is 43.0 Å². The fourth-order valence-corrected chi connectivity index (χ4v) is 5.51. The molecular formula is C19H25ClFN3O3S. The van der Waals surface area contributed by atoms with Crippen LogP contribution in [0.15, 0.2) is 34.1 Å². The van der Waals surface area contributed by atoms with Crippen molar-refractivity contribution in [3.05, 3.63) is 40.6 Å². The Bertz CT molecular complexity index is 1040. The highest BCUT2D eigenvalue weighted by Crippen LogP contribution is 2.31. The van der Waals surface area contributed by atoms with E-state index in [0.717, 1.165) is 25.6 Å². The molecule has 2 heterocycles. The number of nitrogens with one attached hydrogen (secondary N) is 1. The van der Waals surface area contributed by atoms with Gasteiger partial charge in [-0.1, -0.05) is 6.07 Å². The van der Waals surface area contributed by atoms with Gasteiger partial charge in [0.05, 0.1) is 10.3 Å². The molecule has 9 heteroatoms. The van der Waals surface area contributed by atoms with Gasteiger partial charge in [0, 0.05) is 37.3 Å². The predicted molar refractivity (Wildman–Crippen MR) is 109 cm³/mol. The van der Waals surface area contributed by atoms with Gasteiger partial charge in [-0.3, -0.25) is 4.79 Å². The lowest BCUT2D eigenvalue weighted by molar-refractivity contribution is 0.403. The maximum absolute atomic E-state index is 15.0. The zero-order chi connectivity index (χ0) is 19.2. The van der Waals surface area contributed by atoms with E-state index in [1.807, 2.05) is 6.92 Å². The van der Waals surface area contributed by atoms with Crippen LogP contribution in [0, 0.1) is 11.7 Å². The molecule has 6 nitrogen and oxygen atoms in total. The van der Waals surface area contributed by atoms with Crippen LogP contribution in [0.2, 0.25) is 0 Å². The minimum Gasteiger partial charge on any atom is -0.313 e. The second kappa shape index (κ2) is 8.10. The lowest BCUT2D eigenvalue weighted by atomic mass is 10.1. The molecule has 1 N–H and O–H groups in total. The normalized spacial score (nSPS) is 21.3. The molecule has 1 aliphatic carbocycles. The van der Waals surface area contributed by atoms with Crippen LogP contribution in [-0.2, 0) is 16.6 Å². The standard InChI is InChI=1S/C19H24FN3O3S.ClH/c1-13-10-23(9-3-8-21-13)27(25,26)17-5-2-4-15-18(17)16(20)12-22(19(15)24)11-14-6-7-14;/h2,4-5,12-14,21H,3,6-11H2,1H3;1H/t13-;/m0./s1. The summed E-state index contributed by atoms with van der Waals surface area (Å²) in [6.07, 6.45) is 3.93. The van der Waals surface area contributed by atoms with E-state index in [2.05, 4.69) is 5.32 Å². The van der Waals surface area contributed by atoms with E-state index >= 15 is 0 Å². The summed E-state index contributed by atoms with van der Waals surface area (Å²) in [6, 6.07) is 4.44. The van der Waals surface area contributed by atoms with Crippen LogP contribution in [0.5, 0.6) is 0 Å². The third kappa shape index (κ3) is 3.96. The number of pyridine rings is 1. The van der Waals surface area contributed by atoms with Gasteiger partial charge in [-0.2, -0.15) is 4.31 Å². The second-order valence-electron chi connectivity index (χ2n) is 7.63. The summed E-state index contributed by atoms with van der Waals surface area (Å²) in [6.45, 7) is 3.84. The van der Waals surface area contributed by atoms with E-state index in [4.69, 9.17) is 0 Å². The minimum absolute atomic E-state index is 0. The van der Waals surface area contributed by atoms with Gasteiger partial charge < -0.3 is 9.88 Å². The Morgan fingerprint density at radius 3 is 2.75 bits per heavy atom. The summed E-state index contributed by atoms with van der Waals surface area (Å²) in [5, 5.41) is 3.28. The van der Waals surface area contributed by atoms with E-state index in [1.165, 1.54) is 27.1 Å². The van der Waals surface area contributed by atoms with Crippen LogP contribution in [0.25, 0.3) is 10.8 Å². The lowest BCUT2D eigenvalue weighted by Crippen LogP contribution is -2.39. The molecule has 1 aromatic carbocycles. The molecule has 0 bridgehead atoms. The van der Waals surface area contributed by atoms with E-state index in [-0.39, 0.29) is 39.7 Å². The highest BCUT2D eigenvalue weighted by molar-refractivity contribution is 7.89. The van der Waals surface area contributed by atoms with Crippen molar-refractivity contribution in [3.63, 3.8) is 0 Å². The summed E-state index contributed by atoms with van der Waals surface area (Å²) >= 11 is 0. The number of sulfonamides is 1. The molecule has 0 unspecified atom stereocenters. The van der Waals surface area contributed by atoms with Crippen molar-refractivity contribution >= 4 is 33.2 Å². The second-order valence-corrected chi connectivity index (χ2v) is 9.53. The molecule has 0 radical (unpaired) electrons. The molecule has 1 saturated heterocycles. The van der Waals surface area contributed by atoms with Gasteiger partial charge in [-0.05, 0) is 50.8 Å². The van der Waals surface area contributed by atoms with Gasteiger partial charge >= 0.3 is 0 Å². The molecule has 2 aromatic rings. The third-order valence-electron chi connectivity index (χ3n) is 5.35. The number of fused-ring (bicyclic) bond motifs is 1. The van der Waals surface area contributed by atoms with Gasteiger partial charge in [0.1, 0.15) is 5.82 Å². The molecule has 1 atom stereocenters. The first-order chi connectivity index (χ1) is 12.9. The smallest absolute Gasteiger partial charge is 0.258 e. The fourth-order valence-electron chi connectivity index (χ4n) is 3.72. The van der Waals surface area contributed by atoms with Crippen molar-refractivity contribution in [2.45, 2.75) is 43.7 Å². The summed E-state index contributed by atoms with van der Waals surface area (Å²) < 4.78 is 44.2. The van der Waals surface area contributed by atoms with E-state index in [1.54, 1.807) is 0 Å². The van der Waals surface area contributed by atoms with Crippen LogP contribution < -0.4 is 10.9 Å². The predicted octanol–water partition coefficient (Wildman–Crippen LogP) is 2.34. The Labute approximate surface area is 170 Å². The highest BCUT2D eigenvalue weighted by atomic mass is 35.5. The number of nitrogens with zero attached hydrogens (tertiary/aromatic N) is 2. The van der Waals surface area contributed by atoms with Crippen molar-refractivity contribution in [1.29, 1.82) is 0 Å². The van der Waals surface area contributed by atoms with Crippen molar-refractivity contribution < 1.29 is 12.8 Å². The Kier molecular flexibility index (Phi) is 6.14. The van der Waals surface area contributed by atoms with Crippen LogP contribution in [0.4, 0.5) is 4.39 Å². The maximum atomic E-state index is 15.0. The molecule has 1 aromatic heterocycles. The van der Waals surface area contributed by atoms with Crippen LogP contribution in [0.1, 0.15) is 26.2 Å². The molecule has 4 rings (SSSR count). The van der Waals surface area contributed by atoms with E-state index in [9.17, 15) is 17.6 Å². The maximum Gasteiger partial charge on any atom is 0.258 e. The average Bonchev–Trinajstić information content (AvgIpc) is 3.46. The largest absolute Gasteiger partial charge is 0.313 e. The van der Waals surface area contributed by atoms with Gasteiger partial charge in [-0.25, -0.2) is 12.8 Å². The Hall–Kier alpha value is -1.48. The molecule has 2 aliphatic rings. The van der Waals surface area contributed by atoms with Crippen molar-refractivity contribution in [1.82, 2.24) is 14.2 Å². The molecule has 1 saturated carbocycles. The van der Waals surface area contributed by atoms with Crippen LogP contribution in [0.3, 0.4) is 0 Å². The zero-order valence-electron chi connectivity index (χ0n) is 15.7. The quantitative estimate of drug-likeness (QED) is 0.809. The van der Waals surface area contributed by atoms with Gasteiger partial charge in [-0.15, -0.1) is 12.4 Å². The fraction of sp³-hybridized carbons (Fsp3) is 0.526. The van der Waals surface area contributed by atoms with E-state index in [0.29, 0.717) is 32.0 Å². The molecule has 0 spiro atoms. The summed E-state index contributed by atoms with van der Waals surface area (Å²) in [4.78, 5) is 12.7. The van der Waals surface area contributed by atoms with E-state index < -0.39 is 15.8 Å². The molecular weight excluding hydrogens is 405 g/mol. The van der Waals surface area contributed by atoms with Crippen molar-refractivity contribution in [2.75, 3.05) is 19.6 Å². The number of halogens is 2. The SMILES string of the molecule is C[C@H]1CN(S(=O)(=O)c2cccc3c(=O)n(CC4CC4)cc(F)c23)CCCN1.Cl. The highest BCUT2D eigenvalue weighted by Gasteiger charge is 2.31. The zero-order valence-corrected chi connectivity index (χ0v) is 17.4. The summed E-state index contributed by atoms with van der Waals surface area (Å²) in [5.41, 5.74) is -0.332. The molecule has 2 fully saturated rings. The van der Waals surface area contributed by atoms with Gasteiger partial charge in [0.25, 0.3) is 5.56 Å². The Morgan fingerprint density at radius 2 is 2.04 bits per heavy atom. The number of hydrogen-bond donors (Lipinski definition) is 1. The van der Waals surface area contributed by atoms with Crippen LogP contribution >= 0.6 is 12.4 Å². The lowest BCUT2D eigenvalue weighted by Gasteiger charge is -2.23. The number of rotatable bonds is 4. The number of hydrogen-bond acceptors (Lipinski definition) is 4. The Balaban J connectivity index is 0.00000225. The Morgan fingerprint density at radius 1 is 1.29 bits per heavy atom. The number of benzene rings is 1. The van der Waals surface area contributed by atoms with Gasteiger partial charge in [0.15, 0.2) is 0 Å².